The second-order valence-corrected chi connectivity index (χ2v) is 3.64. The Morgan fingerprint density at radius 2 is 2.11 bits per heavy atom. The van der Waals surface area contributed by atoms with Crippen LogP contribution in [0.15, 0.2) is 24.3 Å². The molecule has 0 fully saturated rings. The summed E-state index contributed by atoms with van der Waals surface area (Å²) in [5.74, 6) is -1.41. The van der Waals surface area contributed by atoms with Crippen molar-refractivity contribution < 1.29 is 23.5 Å². The van der Waals surface area contributed by atoms with Gasteiger partial charge in [0.15, 0.2) is 0 Å². The van der Waals surface area contributed by atoms with Gasteiger partial charge in [-0.3, -0.25) is 4.79 Å². The standard InChI is InChI=1S/C14H15FO4/c1-3-19-13(16)6-4-5-10-9-11(14(17)18-2)7-8-12(10)15/h4-5,7-9H,3,6H2,1-2H3. The van der Waals surface area contributed by atoms with Crippen molar-refractivity contribution in [3.63, 3.8) is 0 Å². The first-order chi connectivity index (χ1) is 9.08. The van der Waals surface area contributed by atoms with Gasteiger partial charge in [0.05, 0.1) is 25.7 Å². The average molecular weight is 266 g/mol. The van der Waals surface area contributed by atoms with Gasteiger partial charge in [-0.2, -0.15) is 0 Å². The zero-order valence-corrected chi connectivity index (χ0v) is 10.8. The maximum Gasteiger partial charge on any atom is 0.337 e. The van der Waals surface area contributed by atoms with Gasteiger partial charge in [-0.1, -0.05) is 12.2 Å². The first kappa shape index (κ1) is 14.9. The molecule has 1 aromatic carbocycles. The van der Waals surface area contributed by atoms with Crippen molar-refractivity contribution in [2.24, 2.45) is 0 Å². The van der Waals surface area contributed by atoms with Gasteiger partial charge >= 0.3 is 11.9 Å². The molecule has 0 saturated carbocycles. The monoisotopic (exact) mass is 266 g/mol. The number of benzene rings is 1. The van der Waals surface area contributed by atoms with Crippen LogP contribution in [0, 0.1) is 5.82 Å². The maximum atomic E-state index is 13.5. The normalized spacial score (nSPS) is 10.5. The second-order valence-electron chi connectivity index (χ2n) is 3.64. The zero-order valence-electron chi connectivity index (χ0n) is 10.8. The van der Waals surface area contributed by atoms with Crippen LogP contribution in [0.1, 0.15) is 29.3 Å². The van der Waals surface area contributed by atoms with Crippen LogP contribution in [-0.2, 0) is 14.3 Å². The quantitative estimate of drug-likeness (QED) is 0.769. The molecule has 0 saturated heterocycles. The third-order valence-electron chi connectivity index (χ3n) is 2.30. The summed E-state index contributed by atoms with van der Waals surface area (Å²) in [5.41, 5.74) is 0.465. The smallest absolute Gasteiger partial charge is 0.337 e. The lowest BCUT2D eigenvalue weighted by Crippen LogP contribution is -2.02. The first-order valence-electron chi connectivity index (χ1n) is 5.78. The van der Waals surface area contributed by atoms with E-state index in [2.05, 4.69) is 4.74 Å². The van der Waals surface area contributed by atoms with Crippen molar-refractivity contribution in [2.45, 2.75) is 13.3 Å². The second kappa shape index (κ2) is 7.31. The summed E-state index contributed by atoms with van der Waals surface area (Å²) < 4.78 is 22.8. The Hall–Kier alpha value is -2.17. The molecule has 0 radical (unpaired) electrons. The van der Waals surface area contributed by atoms with Crippen LogP contribution >= 0.6 is 0 Å². The molecule has 0 unspecified atom stereocenters. The molecule has 1 aromatic rings. The number of esters is 2. The van der Waals surface area contributed by atoms with E-state index in [4.69, 9.17) is 4.74 Å². The van der Waals surface area contributed by atoms with Crippen molar-refractivity contribution in [2.75, 3.05) is 13.7 Å². The van der Waals surface area contributed by atoms with E-state index in [1.54, 1.807) is 6.92 Å². The van der Waals surface area contributed by atoms with E-state index in [9.17, 15) is 14.0 Å². The SMILES string of the molecule is CCOC(=O)CC=Cc1cc(C(=O)OC)ccc1F. The van der Waals surface area contributed by atoms with Gasteiger partial charge in [-0.25, -0.2) is 9.18 Å². The van der Waals surface area contributed by atoms with E-state index in [0.717, 1.165) is 0 Å². The molecule has 0 bridgehead atoms. The van der Waals surface area contributed by atoms with Crippen molar-refractivity contribution in [3.05, 3.63) is 41.2 Å². The predicted molar refractivity (Wildman–Crippen MR) is 68.0 cm³/mol. The van der Waals surface area contributed by atoms with E-state index in [1.807, 2.05) is 0 Å². The van der Waals surface area contributed by atoms with Gasteiger partial charge in [0.2, 0.25) is 0 Å². The molecule has 0 N–H and O–H groups in total. The molecule has 4 nitrogen and oxygen atoms in total. The minimum Gasteiger partial charge on any atom is -0.466 e. The molecule has 0 amide bonds. The highest BCUT2D eigenvalue weighted by Gasteiger charge is 2.08. The molecule has 0 aliphatic heterocycles. The molecule has 0 spiro atoms. The summed E-state index contributed by atoms with van der Waals surface area (Å²) in [4.78, 5) is 22.4. The zero-order chi connectivity index (χ0) is 14.3. The van der Waals surface area contributed by atoms with Crippen molar-refractivity contribution >= 4 is 18.0 Å². The number of halogens is 1. The Labute approximate surface area is 110 Å². The van der Waals surface area contributed by atoms with E-state index < -0.39 is 11.8 Å². The minimum absolute atomic E-state index is 0.0513. The number of carbonyl (C=O) groups is 2. The van der Waals surface area contributed by atoms with E-state index in [-0.39, 0.29) is 23.5 Å². The van der Waals surface area contributed by atoms with Gasteiger partial charge in [0.25, 0.3) is 0 Å². The van der Waals surface area contributed by atoms with Crippen LogP contribution < -0.4 is 0 Å². The van der Waals surface area contributed by atoms with Crippen molar-refractivity contribution in [3.8, 4) is 0 Å². The molecule has 0 aliphatic rings. The number of carbonyl (C=O) groups excluding carboxylic acids is 2. The molecule has 102 valence electrons. The number of methoxy groups -OCH3 is 1. The van der Waals surface area contributed by atoms with Crippen LogP contribution in [0.5, 0.6) is 0 Å². The number of ether oxygens (including phenoxy) is 2. The lowest BCUT2D eigenvalue weighted by molar-refractivity contribution is -0.142. The fraction of sp³-hybridized carbons (Fsp3) is 0.286. The van der Waals surface area contributed by atoms with Gasteiger partial charge in [0.1, 0.15) is 5.82 Å². The number of rotatable bonds is 5. The maximum absolute atomic E-state index is 13.5. The molecular formula is C14H15FO4. The molecule has 0 heterocycles. The van der Waals surface area contributed by atoms with Gasteiger partial charge in [0, 0.05) is 5.56 Å². The molecule has 0 aliphatic carbocycles. The van der Waals surface area contributed by atoms with Crippen LogP contribution in [0.3, 0.4) is 0 Å². The highest BCUT2D eigenvalue weighted by atomic mass is 19.1. The van der Waals surface area contributed by atoms with Gasteiger partial charge < -0.3 is 9.47 Å². The fourth-order valence-electron chi connectivity index (χ4n) is 1.42. The summed E-state index contributed by atoms with van der Waals surface area (Å²) in [7, 11) is 1.25. The molecule has 5 heteroatoms. The lowest BCUT2D eigenvalue weighted by Gasteiger charge is -2.02. The highest BCUT2D eigenvalue weighted by molar-refractivity contribution is 5.90. The fourth-order valence-corrected chi connectivity index (χ4v) is 1.42. The first-order valence-corrected chi connectivity index (χ1v) is 5.78. The summed E-state index contributed by atoms with van der Waals surface area (Å²) in [6.07, 6.45) is 2.96. The van der Waals surface area contributed by atoms with Gasteiger partial charge in [-0.15, -0.1) is 0 Å². The Morgan fingerprint density at radius 3 is 2.74 bits per heavy atom. The summed E-state index contributed by atoms with van der Waals surface area (Å²) in [5, 5.41) is 0. The van der Waals surface area contributed by atoms with E-state index in [1.165, 1.54) is 37.5 Å². The highest BCUT2D eigenvalue weighted by Crippen LogP contribution is 2.13. The Balaban J connectivity index is 2.79. The third kappa shape index (κ3) is 4.54. The summed E-state index contributed by atoms with van der Waals surface area (Å²) in [6.45, 7) is 2.01. The Kier molecular flexibility index (Phi) is 5.73. The van der Waals surface area contributed by atoms with Gasteiger partial charge in [-0.05, 0) is 25.1 Å². The number of hydrogen-bond acceptors (Lipinski definition) is 4. The van der Waals surface area contributed by atoms with Crippen LogP contribution in [0.2, 0.25) is 0 Å². The van der Waals surface area contributed by atoms with Crippen molar-refractivity contribution in [1.82, 2.24) is 0 Å². The van der Waals surface area contributed by atoms with Crippen LogP contribution in [0.25, 0.3) is 6.08 Å². The summed E-state index contributed by atoms with van der Waals surface area (Å²) >= 11 is 0. The largest absolute Gasteiger partial charge is 0.466 e. The Bertz CT molecular complexity index is 494. The lowest BCUT2D eigenvalue weighted by atomic mass is 10.1. The molecular weight excluding hydrogens is 251 g/mol. The molecule has 0 aromatic heterocycles. The number of hydrogen-bond donors (Lipinski definition) is 0. The topological polar surface area (TPSA) is 52.6 Å². The molecule has 19 heavy (non-hydrogen) atoms. The minimum atomic E-state index is -0.542. The van der Waals surface area contributed by atoms with Crippen LogP contribution in [-0.4, -0.2) is 25.7 Å². The molecule has 0 atom stereocenters. The van der Waals surface area contributed by atoms with E-state index >= 15 is 0 Å². The van der Waals surface area contributed by atoms with Crippen molar-refractivity contribution in [1.29, 1.82) is 0 Å². The molecule has 1 rings (SSSR count). The Morgan fingerprint density at radius 1 is 1.37 bits per heavy atom. The summed E-state index contributed by atoms with van der Waals surface area (Å²) in [6, 6.07) is 3.88. The van der Waals surface area contributed by atoms with Crippen LogP contribution in [0.4, 0.5) is 4.39 Å². The average Bonchev–Trinajstić information content (AvgIpc) is 2.40. The van der Waals surface area contributed by atoms with E-state index in [0.29, 0.717) is 6.61 Å². The third-order valence-corrected chi connectivity index (χ3v) is 2.30. The predicted octanol–water partition coefficient (Wildman–Crippen LogP) is 2.58.